The van der Waals surface area contributed by atoms with E-state index in [1.807, 2.05) is 0 Å². The number of nitrogens with zero attached hydrogens (tertiary/aromatic N) is 2. The fraction of sp³-hybridized carbons (Fsp3) is 0.0667. The number of alkyl halides is 3. The third kappa shape index (κ3) is 2.49. The summed E-state index contributed by atoms with van der Waals surface area (Å²) < 4.78 is 38.7. The maximum Gasteiger partial charge on any atom is 0.417 e. The van der Waals surface area contributed by atoms with Gasteiger partial charge in [-0.2, -0.15) is 13.2 Å². The Hall–Kier alpha value is -3.23. The number of halogens is 3. The number of carbonyl (C=O) groups is 3. The highest BCUT2D eigenvalue weighted by molar-refractivity contribution is 6.21. The smallest absolute Gasteiger partial charge is 0.324 e. The van der Waals surface area contributed by atoms with Gasteiger partial charge >= 0.3 is 12.1 Å². The first-order chi connectivity index (χ1) is 11.3. The van der Waals surface area contributed by atoms with Crippen molar-refractivity contribution in [1.82, 2.24) is 10.0 Å². The van der Waals surface area contributed by atoms with Crippen LogP contribution in [0.15, 0.2) is 42.7 Å². The Bertz CT molecular complexity index is 829. The zero-order valence-corrected chi connectivity index (χ0v) is 11.7. The van der Waals surface area contributed by atoms with Crippen LogP contribution in [0.5, 0.6) is 0 Å². The van der Waals surface area contributed by atoms with E-state index in [0.717, 1.165) is 6.20 Å². The van der Waals surface area contributed by atoms with Gasteiger partial charge in [0.2, 0.25) is 0 Å². The van der Waals surface area contributed by atoms with Crippen molar-refractivity contribution < 1.29 is 32.4 Å². The zero-order valence-electron chi connectivity index (χ0n) is 11.7. The van der Waals surface area contributed by atoms with Gasteiger partial charge in [0.15, 0.2) is 0 Å². The van der Waals surface area contributed by atoms with Gasteiger partial charge in [0.25, 0.3) is 11.8 Å². The van der Waals surface area contributed by atoms with Gasteiger partial charge in [-0.15, -0.1) is 0 Å². The van der Waals surface area contributed by atoms with E-state index < -0.39 is 35.1 Å². The van der Waals surface area contributed by atoms with Crippen molar-refractivity contribution in [1.29, 1.82) is 0 Å². The summed E-state index contributed by atoms with van der Waals surface area (Å²) in [5, 5.41) is 0.139. The molecule has 1 aromatic heterocycles. The van der Waals surface area contributed by atoms with Crippen LogP contribution in [0.3, 0.4) is 0 Å². The van der Waals surface area contributed by atoms with Crippen LogP contribution in [0.4, 0.5) is 13.2 Å². The van der Waals surface area contributed by atoms with Crippen molar-refractivity contribution >= 4 is 17.8 Å². The van der Waals surface area contributed by atoms with Gasteiger partial charge in [-0.25, -0.2) is 4.79 Å². The first kappa shape index (κ1) is 15.7. The van der Waals surface area contributed by atoms with Gasteiger partial charge < -0.3 is 4.84 Å². The van der Waals surface area contributed by atoms with Crippen LogP contribution in [-0.4, -0.2) is 27.8 Å². The van der Waals surface area contributed by atoms with Gasteiger partial charge in [0.1, 0.15) is 0 Å². The molecule has 1 aliphatic rings. The number of carbonyl (C=O) groups excluding carboxylic acids is 3. The van der Waals surface area contributed by atoms with Crippen molar-refractivity contribution in [3.05, 3.63) is 65.0 Å². The second-order valence-corrected chi connectivity index (χ2v) is 4.75. The molecular weight excluding hydrogens is 329 g/mol. The molecule has 0 saturated carbocycles. The molecule has 0 fully saturated rings. The first-order valence-corrected chi connectivity index (χ1v) is 6.52. The number of pyridine rings is 1. The van der Waals surface area contributed by atoms with Crippen LogP contribution in [0.1, 0.15) is 36.6 Å². The van der Waals surface area contributed by atoms with Crippen LogP contribution in [-0.2, 0) is 11.0 Å². The second-order valence-electron chi connectivity index (χ2n) is 4.75. The van der Waals surface area contributed by atoms with Crippen LogP contribution < -0.4 is 0 Å². The third-order valence-electron chi connectivity index (χ3n) is 3.28. The number of hydrogen-bond acceptors (Lipinski definition) is 5. The summed E-state index contributed by atoms with van der Waals surface area (Å²) in [4.78, 5) is 44.1. The summed E-state index contributed by atoms with van der Waals surface area (Å²) in [6, 6.07) is 6.28. The van der Waals surface area contributed by atoms with Crippen LogP contribution in [0, 0.1) is 0 Å². The molecule has 1 aromatic carbocycles. The zero-order chi connectivity index (χ0) is 17.5. The summed E-state index contributed by atoms with van der Waals surface area (Å²) in [7, 11) is 0. The molecule has 24 heavy (non-hydrogen) atoms. The van der Waals surface area contributed by atoms with E-state index in [-0.39, 0.29) is 16.2 Å². The van der Waals surface area contributed by atoms with Crippen LogP contribution in [0.25, 0.3) is 0 Å². The summed E-state index contributed by atoms with van der Waals surface area (Å²) in [5.41, 5.74) is -2.18. The Labute approximate surface area is 132 Å². The standard InChI is InChI=1S/C15H7F3N2O4/c16-15(17,18)11-5-6-19-7-10(11)14(23)24-20-12(21)8-3-1-2-4-9(8)13(20)22/h1-7H. The van der Waals surface area contributed by atoms with Crippen molar-refractivity contribution in [2.75, 3.05) is 0 Å². The van der Waals surface area contributed by atoms with E-state index in [9.17, 15) is 27.6 Å². The van der Waals surface area contributed by atoms with Gasteiger partial charge in [-0.1, -0.05) is 17.2 Å². The number of aromatic nitrogens is 1. The Morgan fingerprint density at radius 2 is 1.62 bits per heavy atom. The highest BCUT2D eigenvalue weighted by Crippen LogP contribution is 2.32. The minimum atomic E-state index is -4.82. The minimum absolute atomic E-state index is 0.00229. The quantitative estimate of drug-likeness (QED) is 0.788. The molecule has 2 heterocycles. The van der Waals surface area contributed by atoms with Gasteiger partial charge in [0, 0.05) is 12.4 Å². The lowest BCUT2D eigenvalue weighted by Gasteiger charge is -2.15. The number of fused-ring (bicyclic) bond motifs is 1. The molecular formula is C15H7F3N2O4. The Morgan fingerprint density at radius 1 is 1.04 bits per heavy atom. The molecule has 0 N–H and O–H groups in total. The third-order valence-corrected chi connectivity index (χ3v) is 3.28. The molecule has 0 aliphatic carbocycles. The lowest BCUT2D eigenvalue weighted by Crippen LogP contribution is -2.33. The molecule has 9 heteroatoms. The molecule has 1 aliphatic heterocycles. The lowest BCUT2D eigenvalue weighted by molar-refractivity contribution is -0.138. The fourth-order valence-corrected chi connectivity index (χ4v) is 2.19. The van der Waals surface area contributed by atoms with E-state index in [1.54, 1.807) is 0 Å². The SMILES string of the molecule is O=C(ON1C(=O)c2ccccc2C1=O)c1cnccc1C(F)(F)F. The normalized spacial score (nSPS) is 13.9. The Balaban J connectivity index is 1.90. The monoisotopic (exact) mass is 336 g/mol. The molecule has 122 valence electrons. The van der Waals surface area contributed by atoms with Gasteiger partial charge in [-0.05, 0) is 18.2 Å². The molecule has 2 amide bonds. The van der Waals surface area contributed by atoms with E-state index in [4.69, 9.17) is 0 Å². The number of benzene rings is 1. The van der Waals surface area contributed by atoms with E-state index in [0.29, 0.717) is 12.3 Å². The average molecular weight is 336 g/mol. The molecule has 0 bridgehead atoms. The summed E-state index contributed by atoms with van der Waals surface area (Å²) in [5.74, 6) is -3.37. The summed E-state index contributed by atoms with van der Waals surface area (Å²) in [6.45, 7) is 0. The molecule has 0 atom stereocenters. The number of hydrogen-bond donors (Lipinski definition) is 0. The maximum atomic E-state index is 12.9. The molecule has 3 rings (SSSR count). The summed E-state index contributed by atoms with van der Waals surface area (Å²) in [6.07, 6.45) is -3.30. The highest BCUT2D eigenvalue weighted by atomic mass is 19.4. The molecule has 0 spiro atoms. The second kappa shape index (κ2) is 5.44. The van der Waals surface area contributed by atoms with Crippen molar-refractivity contribution in [3.8, 4) is 0 Å². The van der Waals surface area contributed by atoms with Crippen LogP contribution >= 0.6 is 0 Å². The Kier molecular flexibility index (Phi) is 3.55. The topological polar surface area (TPSA) is 76.6 Å². The van der Waals surface area contributed by atoms with E-state index >= 15 is 0 Å². The maximum absolute atomic E-state index is 12.9. The molecule has 0 saturated heterocycles. The fourth-order valence-electron chi connectivity index (χ4n) is 2.19. The Morgan fingerprint density at radius 3 is 2.17 bits per heavy atom. The molecule has 6 nitrogen and oxygen atoms in total. The van der Waals surface area contributed by atoms with Crippen molar-refractivity contribution in [3.63, 3.8) is 0 Å². The summed E-state index contributed by atoms with van der Waals surface area (Å²) >= 11 is 0. The minimum Gasteiger partial charge on any atom is -0.324 e. The number of hydroxylamine groups is 2. The number of amides is 2. The van der Waals surface area contributed by atoms with E-state index in [1.165, 1.54) is 24.3 Å². The number of imide groups is 1. The first-order valence-electron chi connectivity index (χ1n) is 6.52. The largest absolute Gasteiger partial charge is 0.417 e. The lowest BCUT2D eigenvalue weighted by atomic mass is 10.1. The van der Waals surface area contributed by atoms with Gasteiger partial charge in [-0.3, -0.25) is 14.6 Å². The molecule has 0 radical (unpaired) electrons. The van der Waals surface area contributed by atoms with Gasteiger partial charge in [0.05, 0.1) is 22.3 Å². The van der Waals surface area contributed by atoms with Crippen molar-refractivity contribution in [2.24, 2.45) is 0 Å². The van der Waals surface area contributed by atoms with Crippen molar-refractivity contribution in [2.45, 2.75) is 6.18 Å². The van der Waals surface area contributed by atoms with E-state index in [2.05, 4.69) is 9.82 Å². The average Bonchev–Trinajstić information content (AvgIpc) is 2.79. The molecule has 2 aromatic rings. The predicted octanol–water partition coefficient (Wildman–Crippen LogP) is 2.47. The molecule has 0 unspecified atom stereocenters. The highest BCUT2D eigenvalue weighted by Gasteiger charge is 2.41. The number of rotatable bonds is 2. The predicted molar refractivity (Wildman–Crippen MR) is 71.6 cm³/mol. The van der Waals surface area contributed by atoms with Crippen LogP contribution in [0.2, 0.25) is 0 Å².